The predicted octanol–water partition coefficient (Wildman–Crippen LogP) is 1.67. The van der Waals surface area contributed by atoms with Crippen LogP contribution in [0.4, 0.5) is 0 Å². The lowest BCUT2D eigenvalue weighted by Crippen LogP contribution is -2.25. The molecule has 1 aromatic rings. The third-order valence-corrected chi connectivity index (χ3v) is 3.84. The number of nitrogens with one attached hydrogen (secondary N) is 1. The van der Waals surface area contributed by atoms with Crippen molar-refractivity contribution in [3.8, 4) is 5.75 Å². The van der Waals surface area contributed by atoms with E-state index in [0.717, 1.165) is 17.1 Å². The number of rotatable bonds is 8. The molecular weight excluding hydrogens is 262 g/mol. The van der Waals surface area contributed by atoms with Gasteiger partial charge in [-0.05, 0) is 29.4 Å². The van der Waals surface area contributed by atoms with Crippen LogP contribution in [0.2, 0.25) is 0 Å². The first kappa shape index (κ1) is 15.9. The number of carbonyl (C=O) groups is 1. The fourth-order valence-corrected chi connectivity index (χ4v) is 2.35. The lowest BCUT2D eigenvalue weighted by atomic mass is 10.2. The Morgan fingerprint density at radius 1 is 1.53 bits per heavy atom. The standard InChI is InChI=1S/C14H21NO3S/c1-11(8-16)9-19-10-14(17)15-7-12-4-3-5-13(6-12)18-2/h3-6,11,16H,7-10H2,1-2H3,(H,15,17). The fourth-order valence-electron chi connectivity index (χ4n) is 1.44. The van der Waals surface area contributed by atoms with Crippen molar-refractivity contribution in [2.45, 2.75) is 13.5 Å². The smallest absolute Gasteiger partial charge is 0.230 e. The normalized spacial score (nSPS) is 11.9. The van der Waals surface area contributed by atoms with Crippen molar-refractivity contribution < 1.29 is 14.6 Å². The highest BCUT2D eigenvalue weighted by atomic mass is 32.2. The molecule has 1 atom stereocenters. The van der Waals surface area contributed by atoms with Gasteiger partial charge < -0.3 is 15.2 Å². The Kier molecular flexibility index (Phi) is 7.36. The lowest BCUT2D eigenvalue weighted by Gasteiger charge is -2.08. The molecule has 0 bridgehead atoms. The molecule has 4 nitrogen and oxygen atoms in total. The lowest BCUT2D eigenvalue weighted by molar-refractivity contribution is -0.118. The zero-order valence-corrected chi connectivity index (χ0v) is 12.2. The van der Waals surface area contributed by atoms with Gasteiger partial charge in [-0.1, -0.05) is 19.1 Å². The van der Waals surface area contributed by atoms with Crippen LogP contribution in [0.25, 0.3) is 0 Å². The number of methoxy groups -OCH3 is 1. The number of hydrogen-bond donors (Lipinski definition) is 2. The van der Waals surface area contributed by atoms with Crippen LogP contribution in [0.1, 0.15) is 12.5 Å². The first-order chi connectivity index (χ1) is 9.15. The van der Waals surface area contributed by atoms with Crippen molar-refractivity contribution in [1.82, 2.24) is 5.32 Å². The van der Waals surface area contributed by atoms with E-state index in [9.17, 15) is 4.79 Å². The van der Waals surface area contributed by atoms with Gasteiger partial charge in [0.05, 0.1) is 12.9 Å². The summed E-state index contributed by atoms with van der Waals surface area (Å²) in [6.07, 6.45) is 0. The van der Waals surface area contributed by atoms with Crippen molar-refractivity contribution in [3.05, 3.63) is 29.8 Å². The summed E-state index contributed by atoms with van der Waals surface area (Å²) in [5.41, 5.74) is 1.02. The van der Waals surface area contributed by atoms with E-state index in [1.54, 1.807) is 18.9 Å². The van der Waals surface area contributed by atoms with Crippen molar-refractivity contribution in [1.29, 1.82) is 0 Å². The molecule has 0 fully saturated rings. The Labute approximate surface area is 118 Å². The summed E-state index contributed by atoms with van der Waals surface area (Å²) in [6, 6.07) is 7.63. The summed E-state index contributed by atoms with van der Waals surface area (Å²) in [4.78, 5) is 11.6. The first-order valence-corrected chi connectivity index (χ1v) is 7.39. The number of aliphatic hydroxyl groups excluding tert-OH is 1. The molecule has 106 valence electrons. The van der Waals surface area contributed by atoms with Gasteiger partial charge in [0.1, 0.15) is 5.75 Å². The molecule has 0 aromatic heterocycles. The summed E-state index contributed by atoms with van der Waals surface area (Å²) >= 11 is 1.54. The SMILES string of the molecule is COc1cccc(CNC(=O)CSCC(C)CO)c1. The van der Waals surface area contributed by atoms with Gasteiger partial charge in [0.15, 0.2) is 0 Å². The molecule has 0 saturated carbocycles. The summed E-state index contributed by atoms with van der Waals surface area (Å²) in [6.45, 7) is 2.63. The molecule has 0 aliphatic rings. The largest absolute Gasteiger partial charge is 0.497 e. The number of ether oxygens (including phenoxy) is 1. The van der Waals surface area contributed by atoms with Crippen LogP contribution in [0.3, 0.4) is 0 Å². The van der Waals surface area contributed by atoms with Crippen LogP contribution in [0.15, 0.2) is 24.3 Å². The van der Waals surface area contributed by atoms with Gasteiger partial charge in [0.25, 0.3) is 0 Å². The van der Waals surface area contributed by atoms with Crippen molar-refractivity contribution in [3.63, 3.8) is 0 Å². The molecule has 0 aliphatic carbocycles. The third kappa shape index (κ3) is 6.50. The number of benzene rings is 1. The van der Waals surface area contributed by atoms with E-state index >= 15 is 0 Å². The Balaban J connectivity index is 2.25. The maximum atomic E-state index is 11.6. The van der Waals surface area contributed by atoms with Crippen LogP contribution < -0.4 is 10.1 Å². The second-order valence-electron chi connectivity index (χ2n) is 4.43. The highest BCUT2D eigenvalue weighted by molar-refractivity contribution is 7.99. The molecule has 0 aliphatic heterocycles. The topological polar surface area (TPSA) is 58.6 Å². The van der Waals surface area contributed by atoms with Crippen LogP contribution in [-0.4, -0.2) is 36.2 Å². The van der Waals surface area contributed by atoms with Crippen LogP contribution in [0.5, 0.6) is 5.75 Å². The number of aliphatic hydroxyl groups is 1. The van der Waals surface area contributed by atoms with Crippen LogP contribution in [0, 0.1) is 5.92 Å². The minimum Gasteiger partial charge on any atom is -0.497 e. The summed E-state index contributed by atoms with van der Waals surface area (Å²) in [5, 5.41) is 11.7. The average Bonchev–Trinajstić information content (AvgIpc) is 2.45. The van der Waals surface area contributed by atoms with Crippen molar-refractivity contribution in [2.24, 2.45) is 5.92 Å². The molecule has 1 rings (SSSR count). The molecule has 5 heteroatoms. The van der Waals surface area contributed by atoms with E-state index in [2.05, 4.69) is 5.32 Å². The molecule has 0 spiro atoms. The number of amides is 1. The van der Waals surface area contributed by atoms with E-state index in [1.165, 1.54) is 0 Å². The van der Waals surface area contributed by atoms with Crippen LogP contribution >= 0.6 is 11.8 Å². The molecule has 0 heterocycles. The fraction of sp³-hybridized carbons (Fsp3) is 0.500. The van der Waals surface area contributed by atoms with Crippen LogP contribution in [-0.2, 0) is 11.3 Å². The summed E-state index contributed by atoms with van der Waals surface area (Å²) < 4.78 is 5.12. The number of thioether (sulfide) groups is 1. The Bertz CT molecular complexity index is 398. The monoisotopic (exact) mass is 283 g/mol. The minimum absolute atomic E-state index is 0.0120. The molecule has 1 amide bonds. The molecule has 0 radical (unpaired) electrons. The van der Waals surface area contributed by atoms with Gasteiger partial charge >= 0.3 is 0 Å². The maximum Gasteiger partial charge on any atom is 0.230 e. The quantitative estimate of drug-likeness (QED) is 0.762. The van der Waals surface area contributed by atoms with Gasteiger partial charge in [0, 0.05) is 13.2 Å². The number of hydrogen-bond acceptors (Lipinski definition) is 4. The van der Waals surface area contributed by atoms with E-state index in [4.69, 9.17) is 9.84 Å². The van der Waals surface area contributed by atoms with E-state index in [-0.39, 0.29) is 18.4 Å². The Morgan fingerprint density at radius 2 is 2.32 bits per heavy atom. The number of carbonyl (C=O) groups excluding carboxylic acids is 1. The molecule has 0 saturated heterocycles. The zero-order valence-electron chi connectivity index (χ0n) is 11.4. The summed E-state index contributed by atoms with van der Waals surface area (Å²) in [5.74, 6) is 2.25. The summed E-state index contributed by atoms with van der Waals surface area (Å²) in [7, 11) is 1.62. The molecule has 2 N–H and O–H groups in total. The molecular formula is C14H21NO3S. The van der Waals surface area contributed by atoms with Gasteiger partial charge in [-0.3, -0.25) is 4.79 Å². The zero-order chi connectivity index (χ0) is 14.1. The Morgan fingerprint density at radius 3 is 3.00 bits per heavy atom. The van der Waals surface area contributed by atoms with E-state index < -0.39 is 0 Å². The van der Waals surface area contributed by atoms with E-state index in [1.807, 2.05) is 31.2 Å². The average molecular weight is 283 g/mol. The Hall–Kier alpha value is -1.20. The molecule has 1 aromatic carbocycles. The first-order valence-electron chi connectivity index (χ1n) is 6.24. The minimum atomic E-state index is 0.0120. The van der Waals surface area contributed by atoms with Crippen molar-refractivity contribution in [2.75, 3.05) is 25.2 Å². The van der Waals surface area contributed by atoms with Crippen molar-refractivity contribution >= 4 is 17.7 Å². The second-order valence-corrected chi connectivity index (χ2v) is 5.46. The maximum absolute atomic E-state index is 11.6. The predicted molar refractivity (Wildman–Crippen MR) is 78.4 cm³/mol. The van der Waals surface area contributed by atoms with Gasteiger partial charge in [-0.2, -0.15) is 11.8 Å². The van der Waals surface area contributed by atoms with Gasteiger partial charge in [-0.25, -0.2) is 0 Å². The van der Waals surface area contributed by atoms with Gasteiger partial charge in [-0.15, -0.1) is 0 Å². The van der Waals surface area contributed by atoms with E-state index in [0.29, 0.717) is 12.3 Å². The second kappa shape index (κ2) is 8.82. The van der Waals surface area contributed by atoms with Gasteiger partial charge in [0.2, 0.25) is 5.91 Å². The highest BCUT2D eigenvalue weighted by Gasteiger charge is 2.05. The third-order valence-electron chi connectivity index (χ3n) is 2.57. The molecule has 1 unspecified atom stereocenters. The molecule has 19 heavy (non-hydrogen) atoms. The highest BCUT2D eigenvalue weighted by Crippen LogP contribution is 2.12.